The average molecular weight is 366 g/mol. The first kappa shape index (κ1) is 18.6. The maximum absolute atomic E-state index is 12.9. The van der Waals surface area contributed by atoms with E-state index in [4.69, 9.17) is 9.47 Å². The number of methoxy groups -OCH3 is 2. The van der Waals surface area contributed by atoms with Crippen molar-refractivity contribution in [2.45, 2.75) is 20.5 Å². The number of nitrogens with one attached hydrogen (secondary N) is 1. The fourth-order valence-corrected chi connectivity index (χ4v) is 2.86. The molecule has 140 valence electrons. The van der Waals surface area contributed by atoms with E-state index in [-0.39, 0.29) is 18.2 Å². The number of hydrogen-bond acceptors (Lipinski definition) is 5. The number of carbonyl (C=O) groups is 1. The summed E-state index contributed by atoms with van der Waals surface area (Å²) >= 11 is 0. The molecule has 2 aromatic carbocycles. The fraction of sp³-hybridized carbons (Fsp3) is 0.250. The number of nitrogens with zero attached hydrogens (tertiary/aromatic N) is 3. The molecule has 7 heteroatoms. The average Bonchev–Trinajstić information content (AvgIpc) is 3.09. The summed E-state index contributed by atoms with van der Waals surface area (Å²) in [7, 11) is 3.18. The number of aromatic nitrogens is 3. The zero-order valence-electron chi connectivity index (χ0n) is 15.8. The molecule has 0 unspecified atom stereocenters. The lowest BCUT2D eigenvalue weighted by atomic mass is 10.1. The second-order valence-corrected chi connectivity index (χ2v) is 6.15. The lowest BCUT2D eigenvalue weighted by molar-refractivity contribution is 0.101. The number of rotatable bonds is 6. The van der Waals surface area contributed by atoms with Gasteiger partial charge >= 0.3 is 0 Å². The fourth-order valence-electron chi connectivity index (χ4n) is 2.86. The Balaban J connectivity index is 1.95. The molecule has 1 aromatic heterocycles. The number of amides is 1. The van der Waals surface area contributed by atoms with Crippen molar-refractivity contribution in [1.82, 2.24) is 15.0 Å². The van der Waals surface area contributed by atoms with Crippen molar-refractivity contribution >= 4 is 11.6 Å². The minimum absolute atomic E-state index is 0.203. The van der Waals surface area contributed by atoms with E-state index in [0.717, 1.165) is 28.3 Å². The van der Waals surface area contributed by atoms with E-state index in [2.05, 4.69) is 15.6 Å². The zero-order valence-corrected chi connectivity index (χ0v) is 15.8. The molecule has 7 nitrogen and oxygen atoms in total. The van der Waals surface area contributed by atoms with E-state index in [0.29, 0.717) is 5.69 Å². The van der Waals surface area contributed by atoms with Crippen molar-refractivity contribution < 1.29 is 14.3 Å². The van der Waals surface area contributed by atoms with Gasteiger partial charge in [-0.2, -0.15) is 0 Å². The van der Waals surface area contributed by atoms with Crippen LogP contribution in [-0.2, 0) is 11.3 Å². The van der Waals surface area contributed by atoms with E-state index >= 15 is 0 Å². The number of ether oxygens (including phenoxy) is 2. The van der Waals surface area contributed by atoms with E-state index in [9.17, 15) is 4.79 Å². The molecule has 1 heterocycles. The molecule has 0 saturated carbocycles. The largest absolute Gasteiger partial charge is 0.497 e. The third-order valence-corrected chi connectivity index (χ3v) is 4.30. The van der Waals surface area contributed by atoms with Crippen molar-refractivity contribution in [2.75, 3.05) is 19.5 Å². The quantitative estimate of drug-likeness (QED) is 0.724. The number of hydrogen-bond donors (Lipinski definition) is 1. The molecular formula is C20H22N4O3. The summed E-state index contributed by atoms with van der Waals surface area (Å²) in [6.07, 6.45) is 0. The lowest BCUT2D eigenvalue weighted by Gasteiger charge is -2.11. The molecule has 1 N–H and O–H groups in total. The third-order valence-electron chi connectivity index (χ3n) is 4.30. The first-order chi connectivity index (χ1) is 13.0. The highest BCUT2D eigenvalue weighted by Crippen LogP contribution is 2.22. The Kier molecular flexibility index (Phi) is 5.52. The second kappa shape index (κ2) is 8.01. The molecule has 0 saturated heterocycles. The summed E-state index contributed by atoms with van der Waals surface area (Å²) in [4.78, 5) is 12.9. The lowest BCUT2D eigenvalue weighted by Crippen LogP contribution is -2.17. The molecule has 0 bridgehead atoms. The topological polar surface area (TPSA) is 78.3 Å². The molecule has 0 radical (unpaired) electrons. The van der Waals surface area contributed by atoms with Crippen LogP contribution in [0.5, 0.6) is 5.75 Å². The molecule has 0 aliphatic carbocycles. The summed E-state index contributed by atoms with van der Waals surface area (Å²) in [5, 5.41) is 11.2. The van der Waals surface area contributed by atoms with Crippen LogP contribution in [0, 0.1) is 13.8 Å². The monoisotopic (exact) mass is 366 g/mol. The van der Waals surface area contributed by atoms with Crippen molar-refractivity contribution in [1.29, 1.82) is 0 Å². The Morgan fingerprint density at radius 1 is 1.07 bits per heavy atom. The van der Waals surface area contributed by atoms with Crippen LogP contribution < -0.4 is 10.1 Å². The van der Waals surface area contributed by atoms with Gasteiger partial charge in [0.15, 0.2) is 5.69 Å². The first-order valence-electron chi connectivity index (χ1n) is 8.50. The molecule has 27 heavy (non-hydrogen) atoms. The van der Waals surface area contributed by atoms with E-state index < -0.39 is 0 Å². The highest BCUT2D eigenvalue weighted by atomic mass is 16.5. The molecule has 3 aromatic rings. The Hall–Kier alpha value is -3.19. The molecular weight excluding hydrogens is 344 g/mol. The van der Waals surface area contributed by atoms with E-state index in [1.54, 1.807) is 18.9 Å². The summed E-state index contributed by atoms with van der Waals surface area (Å²) in [6, 6.07) is 13.2. The highest BCUT2D eigenvalue weighted by Gasteiger charge is 2.21. The van der Waals surface area contributed by atoms with Gasteiger partial charge in [-0.25, -0.2) is 4.68 Å². The highest BCUT2D eigenvalue weighted by molar-refractivity contribution is 6.04. The number of aryl methyl sites for hydroxylation is 2. The molecule has 0 aliphatic rings. The van der Waals surface area contributed by atoms with Gasteiger partial charge in [-0.15, -0.1) is 5.10 Å². The predicted octanol–water partition coefficient (Wildman–Crippen LogP) is 3.29. The van der Waals surface area contributed by atoms with Crippen LogP contribution in [0.2, 0.25) is 0 Å². The van der Waals surface area contributed by atoms with Gasteiger partial charge in [0.25, 0.3) is 5.91 Å². The number of anilines is 1. The molecule has 0 spiro atoms. The zero-order chi connectivity index (χ0) is 19.4. The third kappa shape index (κ3) is 3.83. The van der Waals surface area contributed by atoms with Gasteiger partial charge in [-0.1, -0.05) is 23.4 Å². The SMILES string of the molecule is COCc1c(C(=O)Nc2c(C)cccc2C)nnn1-c1ccc(OC)cc1. The molecule has 0 fully saturated rings. The minimum Gasteiger partial charge on any atom is -0.497 e. The van der Waals surface area contributed by atoms with Crippen LogP contribution in [0.25, 0.3) is 5.69 Å². The summed E-state index contributed by atoms with van der Waals surface area (Å²) in [6.45, 7) is 4.11. The second-order valence-electron chi connectivity index (χ2n) is 6.15. The van der Waals surface area contributed by atoms with Gasteiger partial charge in [-0.3, -0.25) is 4.79 Å². The summed E-state index contributed by atoms with van der Waals surface area (Å²) in [5.74, 6) is 0.416. The Morgan fingerprint density at radius 3 is 2.33 bits per heavy atom. The first-order valence-corrected chi connectivity index (χ1v) is 8.50. The maximum atomic E-state index is 12.9. The van der Waals surface area contributed by atoms with Gasteiger partial charge in [0.2, 0.25) is 0 Å². The Labute approximate surface area is 157 Å². The van der Waals surface area contributed by atoms with Crippen molar-refractivity contribution in [3.8, 4) is 11.4 Å². The summed E-state index contributed by atoms with van der Waals surface area (Å²) in [5.41, 5.74) is 4.33. The van der Waals surface area contributed by atoms with E-state index in [1.165, 1.54) is 0 Å². The Bertz CT molecular complexity index is 928. The van der Waals surface area contributed by atoms with Crippen LogP contribution in [0.1, 0.15) is 27.3 Å². The standard InChI is InChI=1S/C20H22N4O3/c1-13-6-5-7-14(2)18(13)21-20(25)19-17(12-26-3)24(23-22-19)15-8-10-16(27-4)11-9-15/h5-11H,12H2,1-4H3,(H,21,25). The molecule has 3 rings (SSSR count). The van der Waals surface area contributed by atoms with Gasteiger partial charge in [0.05, 0.1) is 19.4 Å². The normalized spacial score (nSPS) is 10.7. The van der Waals surface area contributed by atoms with Crippen LogP contribution in [0.4, 0.5) is 5.69 Å². The van der Waals surface area contributed by atoms with Crippen LogP contribution in [0.3, 0.4) is 0 Å². The van der Waals surface area contributed by atoms with E-state index in [1.807, 2.05) is 56.3 Å². The molecule has 1 amide bonds. The van der Waals surface area contributed by atoms with Crippen LogP contribution >= 0.6 is 0 Å². The molecule has 0 aliphatic heterocycles. The predicted molar refractivity (Wildman–Crippen MR) is 102 cm³/mol. The van der Waals surface area contributed by atoms with Crippen LogP contribution in [-0.4, -0.2) is 35.1 Å². The van der Waals surface area contributed by atoms with Gasteiger partial charge in [-0.05, 0) is 49.2 Å². The van der Waals surface area contributed by atoms with Gasteiger partial charge < -0.3 is 14.8 Å². The van der Waals surface area contributed by atoms with Gasteiger partial charge in [0, 0.05) is 12.8 Å². The van der Waals surface area contributed by atoms with Crippen molar-refractivity contribution in [3.63, 3.8) is 0 Å². The minimum atomic E-state index is -0.320. The maximum Gasteiger partial charge on any atom is 0.278 e. The van der Waals surface area contributed by atoms with Crippen LogP contribution in [0.15, 0.2) is 42.5 Å². The smallest absolute Gasteiger partial charge is 0.278 e. The number of benzene rings is 2. The summed E-state index contributed by atoms with van der Waals surface area (Å²) < 4.78 is 12.1. The number of para-hydroxylation sites is 1. The number of carbonyl (C=O) groups excluding carboxylic acids is 1. The van der Waals surface area contributed by atoms with Crippen molar-refractivity contribution in [2.24, 2.45) is 0 Å². The Morgan fingerprint density at radius 2 is 1.74 bits per heavy atom. The van der Waals surface area contributed by atoms with Gasteiger partial charge in [0.1, 0.15) is 11.4 Å². The van der Waals surface area contributed by atoms with Crippen molar-refractivity contribution in [3.05, 3.63) is 65.0 Å². The molecule has 0 atom stereocenters.